The Bertz CT molecular complexity index is 1040. The van der Waals surface area contributed by atoms with Gasteiger partial charge in [0, 0.05) is 13.1 Å². The van der Waals surface area contributed by atoms with Crippen LogP contribution in [0, 0.1) is 0 Å². The quantitative estimate of drug-likeness (QED) is 0.407. The highest BCUT2D eigenvalue weighted by molar-refractivity contribution is 5.68. The summed E-state index contributed by atoms with van der Waals surface area (Å²) in [6, 6.07) is 10.5. The zero-order chi connectivity index (χ0) is 27.6. The lowest BCUT2D eigenvalue weighted by atomic mass is 9.69. The van der Waals surface area contributed by atoms with Gasteiger partial charge >= 0.3 is 18.4 Å². The van der Waals surface area contributed by atoms with Crippen molar-refractivity contribution in [3.8, 4) is 0 Å². The molecule has 1 heterocycles. The molecule has 0 aliphatic carbocycles. The van der Waals surface area contributed by atoms with Crippen molar-refractivity contribution in [1.29, 1.82) is 0 Å². The van der Waals surface area contributed by atoms with Gasteiger partial charge in [0.15, 0.2) is 0 Å². The molecule has 1 aliphatic heterocycles. The molecule has 2 aromatic carbocycles. The average molecular weight is 532 g/mol. The molecule has 1 saturated heterocycles. The number of halogens is 6. The van der Waals surface area contributed by atoms with Gasteiger partial charge in [0.1, 0.15) is 5.60 Å². The first-order valence-corrected chi connectivity index (χ1v) is 12.0. The van der Waals surface area contributed by atoms with Crippen LogP contribution < -0.4 is 0 Å². The van der Waals surface area contributed by atoms with Crippen molar-refractivity contribution in [2.24, 2.45) is 0 Å². The lowest BCUT2D eigenvalue weighted by Gasteiger charge is -2.43. The fourth-order valence-corrected chi connectivity index (χ4v) is 4.67. The molecule has 10 heteroatoms. The number of likely N-dealkylation sites (tertiary alicyclic amines) is 1. The van der Waals surface area contributed by atoms with Gasteiger partial charge < -0.3 is 14.7 Å². The molecule has 1 aliphatic rings. The predicted molar refractivity (Wildman–Crippen MR) is 126 cm³/mol. The smallest absolute Gasteiger partial charge is 0.416 e. The number of aliphatic hydroxyl groups excluding tert-OH is 1. The van der Waals surface area contributed by atoms with Crippen LogP contribution in [-0.2, 0) is 22.5 Å². The minimum Gasteiger partial charge on any atom is -0.444 e. The van der Waals surface area contributed by atoms with Crippen molar-refractivity contribution in [1.82, 2.24) is 4.90 Å². The van der Waals surface area contributed by atoms with Gasteiger partial charge in [-0.3, -0.25) is 0 Å². The van der Waals surface area contributed by atoms with E-state index in [1.165, 1.54) is 0 Å². The lowest BCUT2D eigenvalue weighted by Crippen LogP contribution is -2.47. The summed E-state index contributed by atoms with van der Waals surface area (Å²) in [7, 11) is 0. The maximum atomic E-state index is 13.3. The first kappa shape index (κ1) is 28.8. The minimum atomic E-state index is -4.99. The highest BCUT2D eigenvalue weighted by Gasteiger charge is 2.40. The van der Waals surface area contributed by atoms with E-state index in [1.807, 2.05) is 30.3 Å². The van der Waals surface area contributed by atoms with Crippen LogP contribution in [0.5, 0.6) is 0 Å². The largest absolute Gasteiger partial charge is 0.444 e. The number of aliphatic hydroxyl groups is 1. The van der Waals surface area contributed by atoms with Gasteiger partial charge in [-0.1, -0.05) is 30.3 Å². The van der Waals surface area contributed by atoms with Crippen molar-refractivity contribution in [2.75, 3.05) is 13.1 Å². The highest BCUT2D eigenvalue weighted by Crippen LogP contribution is 2.43. The SMILES string of the molecule is CC(C)(C)OC(=O)N1CCC(CCC(O)c2cc(C(F)(F)F)cc(C(F)(F)F)c2)(c2ccccc2)CC1. The number of hydrogen-bond acceptors (Lipinski definition) is 3. The van der Waals surface area contributed by atoms with Gasteiger partial charge in [0.25, 0.3) is 0 Å². The fourth-order valence-electron chi connectivity index (χ4n) is 4.67. The van der Waals surface area contributed by atoms with Crippen LogP contribution in [0.15, 0.2) is 48.5 Å². The summed E-state index contributed by atoms with van der Waals surface area (Å²) in [6.07, 6.45) is -10.7. The summed E-state index contributed by atoms with van der Waals surface area (Å²) in [6.45, 7) is 6.02. The fraction of sp³-hybridized carbons (Fsp3) is 0.519. The predicted octanol–water partition coefficient (Wildman–Crippen LogP) is 7.51. The van der Waals surface area contributed by atoms with E-state index in [-0.39, 0.29) is 12.5 Å². The molecule has 1 fully saturated rings. The third kappa shape index (κ3) is 7.40. The zero-order valence-electron chi connectivity index (χ0n) is 20.9. The molecule has 0 aromatic heterocycles. The Kier molecular flexibility index (Phi) is 8.22. The molecule has 1 unspecified atom stereocenters. The summed E-state index contributed by atoms with van der Waals surface area (Å²) in [5.41, 5.74) is -3.59. The molecule has 1 atom stereocenters. The van der Waals surface area contributed by atoms with Gasteiger partial charge in [0.05, 0.1) is 17.2 Å². The Morgan fingerprint density at radius 2 is 1.46 bits per heavy atom. The van der Waals surface area contributed by atoms with Crippen LogP contribution in [0.25, 0.3) is 0 Å². The number of piperidine rings is 1. The number of carbonyl (C=O) groups excluding carboxylic acids is 1. The van der Waals surface area contributed by atoms with Crippen molar-refractivity contribution < 1.29 is 41.0 Å². The maximum Gasteiger partial charge on any atom is 0.416 e. The molecule has 1 N–H and O–H groups in total. The molecule has 37 heavy (non-hydrogen) atoms. The Morgan fingerprint density at radius 3 is 1.92 bits per heavy atom. The zero-order valence-corrected chi connectivity index (χ0v) is 20.9. The molecule has 0 bridgehead atoms. The van der Waals surface area contributed by atoms with E-state index >= 15 is 0 Å². The van der Waals surface area contributed by atoms with E-state index in [1.54, 1.807) is 25.7 Å². The second-order valence-electron chi connectivity index (χ2n) is 10.5. The van der Waals surface area contributed by atoms with Crippen molar-refractivity contribution >= 4 is 6.09 Å². The number of carbonyl (C=O) groups is 1. The van der Waals surface area contributed by atoms with Gasteiger partial charge in [-0.15, -0.1) is 0 Å². The number of hydrogen-bond donors (Lipinski definition) is 1. The minimum absolute atomic E-state index is 0.0497. The molecule has 1 amide bonds. The molecule has 0 saturated carbocycles. The molecule has 0 radical (unpaired) electrons. The van der Waals surface area contributed by atoms with Gasteiger partial charge in [-0.25, -0.2) is 4.79 Å². The number of alkyl halides is 6. The van der Waals surface area contributed by atoms with Crippen molar-refractivity contribution in [3.05, 3.63) is 70.8 Å². The lowest BCUT2D eigenvalue weighted by molar-refractivity contribution is -0.143. The van der Waals surface area contributed by atoms with Crippen LogP contribution in [0.2, 0.25) is 0 Å². The second-order valence-corrected chi connectivity index (χ2v) is 10.5. The van der Waals surface area contributed by atoms with E-state index in [2.05, 4.69) is 0 Å². The Labute approximate surface area is 212 Å². The number of amides is 1. The first-order chi connectivity index (χ1) is 17.0. The Balaban J connectivity index is 1.83. The third-order valence-electron chi connectivity index (χ3n) is 6.65. The van der Waals surface area contributed by atoms with Gasteiger partial charge in [0.2, 0.25) is 0 Å². The second kappa shape index (κ2) is 10.6. The highest BCUT2D eigenvalue weighted by atomic mass is 19.4. The number of benzene rings is 2. The monoisotopic (exact) mass is 531 g/mol. The van der Waals surface area contributed by atoms with Gasteiger partial charge in [-0.2, -0.15) is 26.3 Å². The molecule has 2 aromatic rings. The van der Waals surface area contributed by atoms with E-state index in [4.69, 9.17) is 4.74 Å². The van der Waals surface area contributed by atoms with Gasteiger partial charge in [-0.05, 0) is 81.2 Å². The number of ether oxygens (including phenoxy) is 1. The van der Waals surface area contributed by atoms with E-state index < -0.39 is 52.3 Å². The van der Waals surface area contributed by atoms with Crippen molar-refractivity contribution in [3.63, 3.8) is 0 Å². The third-order valence-corrected chi connectivity index (χ3v) is 6.65. The first-order valence-electron chi connectivity index (χ1n) is 12.0. The summed E-state index contributed by atoms with van der Waals surface area (Å²) >= 11 is 0. The van der Waals surface area contributed by atoms with Crippen LogP contribution >= 0.6 is 0 Å². The summed E-state index contributed by atoms with van der Waals surface area (Å²) < 4.78 is 85.1. The van der Waals surface area contributed by atoms with Crippen LogP contribution in [0.4, 0.5) is 31.1 Å². The topological polar surface area (TPSA) is 49.8 Å². The molecule has 0 spiro atoms. The van der Waals surface area contributed by atoms with E-state index in [9.17, 15) is 36.2 Å². The standard InChI is InChI=1S/C27H31F6NO3/c1-24(2,3)37-23(36)34-13-11-25(12-14-34,19-7-5-4-6-8-19)10-9-22(35)18-15-20(26(28,29)30)17-21(16-18)27(31,32)33/h4-8,15-17,22,35H,9-14H2,1-3H3. The number of rotatable bonds is 5. The number of nitrogens with zero attached hydrogens (tertiary/aromatic N) is 1. The normalized spacial score (nSPS) is 17.4. The Hall–Kier alpha value is -2.75. The summed E-state index contributed by atoms with van der Waals surface area (Å²) in [5, 5.41) is 10.7. The molecular weight excluding hydrogens is 500 g/mol. The maximum absolute atomic E-state index is 13.3. The van der Waals surface area contributed by atoms with Crippen LogP contribution in [-0.4, -0.2) is 34.8 Å². The molecule has 204 valence electrons. The van der Waals surface area contributed by atoms with E-state index in [0.717, 1.165) is 5.56 Å². The van der Waals surface area contributed by atoms with E-state index in [0.29, 0.717) is 44.5 Å². The summed E-state index contributed by atoms with van der Waals surface area (Å²) in [4.78, 5) is 14.1. The van der Waals surface area contributed by atoms with Crippen LogP contribution in [0.3, 0.4) is 0 Å². The van der Waals surface area contributed by atoms with Crippen molar-refractivity contribution in [2.45, 2.75) is 75.9 Å². The summed E-state index contributed by atoms with van der Waals surface area (Å²) in [5.74, 6) is 0. The molecule has 4 nitrogen and oxygen atoms in total. The average Bonchev–Trinajstić information content (AvgIpc) is 2.81. The van der Waals surface area contributed by atoms with Crippen LogP contribution in [0.1, 0.15) is 74.8 Å². The molecular formula is C27H31F6NO3. The Morgan fingerprint density at radius 1 is 0.946 bits per heavy atom. The molecule has 3 rings (SSSR count).